The molecule has 1 fully saturated rings. The van der Waals surface area contributed by atoms with Crippen molar-refractivity contribution in [1.82, 2.24) is 15.1 Å². The molecule has 1 aliphatic rings. The van der Waals surface area contributed by atoms with Crippen LogP contribution in [0.3, 0.4) is 0 Å². The highest BCUT2D eigenvalue weighted by molar-refractivity contribution is 5.94. The number of carbonyl (C=O) groups excluding carboxylic acids is 2. The Bertz CT molecular complexity index is 933. The fourth-order valence-corrected chi connectivity index (χ4v) is 4.15. The summed E-state index contributed by atoms with van der Waals surface area (Å²) in [5, 5.41) is 10.5. The van der Waals surface area contributed by atoms with Gasteiger partial charge < -0.3 is 10.6 Å². The molecule has 1 aliphatic carbocycles. The van der Waals surface area contributed by atoms with E-state index in [0.717, 1.165) is 23.4 Å². The van der Waals surface area contributed by atoms with Gasteiger partial charge in [0.05, 0.1) is 17.9 Å². The van der Waals surface area contributed by atoms with E-state index in [2.05, 4.69) is 44.4 Å². The lowest BCUT2D eigenvalue weighted by molar-refractivity contribution is -0.124. The Balaban J connectivity index is 1.67. The Kier molecular flexibility index (Phi) is 7.19. The van der Waals surface area contributed by atoms with E-state index < -0.39 is 0 Å². The number of hydrogen-bond donors (Lipinski definition) is 2. The maximum Gasteiger partial charge on any atom is 0.244 e. The molecule has 1 heterocycles. The number of amides is 2. The van der Waals surface area contributed by atoms with Gasteiger partial charge in [-0.05, 0) is 37.8 Å². The van der Waals surface area contributed by atoms with Crippen LogP contribution in [0.4, 0.5) is 5.82 Å². The van der Waals surface area contributed by atoms with E-state index in [1.807, 2.05) is 25.1 Å². The predicted molar refractivity (Wildman–Crippen MR) is 125 cm³/mol. The molecule has 6 nitrogen and oxygen atoms in total. The second-order valence-corrected chi connectivity index (χ2v) is 9.88. The van der Waals surface area contributed by atoms with E-state index in [1.54, 1.807) is 4.68 Å². The van der Waals surface area contributed by atoms with Gasteiger partial charge in [0.25, 0.3) is 0 Å². The molecular formula is C25H36N4O2. The first-order valence-corrected chi connectivity index (χ1v) is 11.4. The number of rotatable bonds is 7. The zero-order valence-electron chi connectivity index (χ0n) is 19.5. The molecule has 1 saturated carbocycles. The van der Waals surface area contributed by atoms with Crippen molar-refractivity contribution in [2.24, 2.45) is 5.92 Å². The largest absolute Gasteiger partial charge is 0.347 e. The third kappa shape index (κ3) is 6.18. The quantitative estimate of drug-likeness (QED) is 0.669. The SMILES string of the molecule is Cc1ccc(-n2nc(C(C)(C)C)cc2NC(=O)CNC(=O)CCC2CCCC2)c(C)c1. The molecule has 1 aromatic heterocycles. The number of nitrogens with zero attached hydrogens (tertiary/aromatic N) is 2. The summed E-state index contributed by atoms with van der Waals surface area (Å²) in [5.41, 5.74) is 3.92. The van der Waals surface area contributed by atoms with Gasteiger partial charge in [0.15, 0.2) is 0 Å². The normalized spacial score (nSPS) is 14.6. The lowest BCUT2D eigenvalue weighted by Gasteiger charge is -2.14. The van der Waals surface area contributed by atoms with Gasteiger partial charge in [-0.2, -0.15) is 5.10 Å². The molecule has 2 N–H and O–H groups in total. The summed E-state index contributed by atoms with van der Waals surface area (Å²) in [6, 6.07) is 8.07. The summed E-state index contributed by atoms with van der Waals surface area (Å²) in [5.74, 6) is 0.977. The van der Waals surface area contributed by atoms with Crippen LogP contribution in [0.5, 0.6) is 0 Å². The van der Waals surface area contributed by atoms with E-state index in [-0.39, 0.29) is 23.8 Å². The van der Waals surface area contributed by atoms with Crippen LogP contribution in [0.1, 0.15) is 76.1 Å². The second kappa shape index (κ2) is 9.67. The van der Waals surface area contributed by atoms with Crippen molar-refractivity contribution in [3.63, 3.8) is 0 Å². The van der Waals surface area contributed by atoms with Crippen LogP contribution in [-0.4, -0.2) is 28.1 Å². The monoisotopic (exact) mass is 424 g/mol. The molecule has 2 amide bonds. The first-order valence-electron chi connectivity index (χ1n) is 11.4. The van der Waals surface area contributed by atoms with Crippen molar-refractivity contribution < 1.29 is 9.59 Å². The standard InChI is InChI=1S/C25H36N4O2/c1-17-10-12-20(18(2)14-17)29-22(15-21(28-29)25(3,4)5)27-24(31)16-26-23(30)13-11-19-8-6-7-9-19/h10,12,14-15,19H,6-9,11,13,16H2,1-5H3,(H,26,30)(H,27,31). The third-order valence-electron chi connectivity index (χ3n) is 6.03. The van der Waals surface area contributed by atoms with Crippen LogP contribution in [-0.2, 0) is 15.0 Å². The molecule has 0 spiro atoms. The lowest BCUT2D eigenvalue weighted by Crippen LogP contribution is -2.33. The van der Waals surface area contributed by atoms with Crippen molar-refractivity contribution in [3.8, 4) is 5.69 Å². The molecule has 0 unspecified atom stereocenters. The van der Waals surface area contributed by atoms with Gasteiger partial charge in [0.1, 0.15) is 5.82 Å². The Labute approximate surface area is 185 Å². The molecule has 6 heteroatoms. The minimum absolute atomic E-state index is 0.0353. The lowest BCUT2D eigenvalue weighted by atomic mass is 9.92. The molecule has 0 saturated heterocycles. The topological polar surface area (TPSA) is 76.0 Å². The molecule has 1 aromatic carbocycles. The number of carbonyl (C=O) groups is 2. The van der Waals surface area contributed by atoms with E-state index in [0.29, 0.717) is 18.2 Å². The molecule has 0 bridgehead atoms. The van der Waals surface area contributed by atoms with Crippen LogP contribution in [0, 0.1) is 19.8 Å². The average Bonchev–Trinajstić information content (AvgIpc) is 3.34. The Morgan fingerprint density at radius 1 is 1.10 bits per heavy atom. The zero-order valence-corrected chi connectivity index (χ0v) is 19.5. The molecular weight excluding hydrogens is 388 g/mol. The van der Waals surface area contributed by atoms with E-state index in [4.69, 9.17) is 5.10 Å². The van der Waals surface area contributed by atoms with Gasteiger partial charge in [0.2, 0.25) is 11.8 Å². The van der Waals surface area contributed by atoms with Gasteiger partial charge >= 0.3 is 0 Å². The van der Waals surface area contributed by atoms with Crippen molar-refractivity contribution >= 4 is 17.6 Å². The van der Waals surface area contributed by atoms with Crippen LogP contribution in [0.15, 0.2) is 24.3 Å². The maximum absolute atomic E-state index is 12.6. The smallest absolute Gasteiger partial charge is 0.244 e. The minimum Gasteiger partial charge on any atom is -0.347 e. The van der Waals surface area contributed by atoms with Gasteiger partial charge in [-0.25, -0.2) is 4.68 Å². The number of nitrogens with one attached hydrogen (secondary N) is 2. The summed E-state index contributed by atoms with van der Waals surface area (Å²) >= 11 is 0. The molecule has 31 heavy (non-hydrogen) atoms. The first kappa shape index (κ1) is 23.0. The highest BCUT2D eigenvalue weighted by Crippen LogP contribution is 2.29. The summed E-state index contributed by atoms with van der Waals surface area (Å²) in [6.45, 7) is 10.3. The van der Waals surface area contributed by atoms with Crippen molar-refractivity contribution in [3.05, 3.63) is 41.1 Å². The van der Waals surface area contributed by atoms with E-state index in [1.165, 1.54) is 31.2 Å². The van der Waals surface area contributed by atoms with Gasteiger partial charge in [-0.1, -0.05) is 64.2 Å². The number of anilines is 1. The molecule has 0 radical (unpaired) electrons. The molecule has 0 aliphatic heterocycles. The molecule has 2 aromatic rings. The highest BCUT2D eigenvalue weighted by Gasteiger charge is 2.22. The second-order valence-electron chi connectivity index (χ2n) is 9.88. The number of aromatic nitrogens is 2. The Hall–Kier alpha value is -2.63. The molecule has 168 valence electrons. The van der Waals surface area contributed by atoms with Crippen molar-refractivity contribution in [1.29, 1.82) is 0 Å². The van der Waals surface area contributed by atoms with Gasteiger partial charge in [0, 0.05) is 17.9 Å². The van der Waals surface area contributed by atoms with Crippen LogP contribution in [0.2, 0.25) is 0 Å². The summed E-state index contributed by atoms with van der Waals surface area (Å²) in [7, 11) is 0. The highest BCUT2D eigenvalue weighted by atomic mass is 16.2. The van der Waals surface area contributed by atoms with E-state index >= 15 is 0 Å². The van der Waals surface area contributed by atoms with Gasteiger partial charge in [-0.3, -0.25) is 9.59 Å². The Morgan fingerprint density at radius 2 is 1.81 bits per heavy atom. The first-order chi connectivity index (χ1) is 14.6. The molecule has 0 atom stereocenters. The maximum atomic E-state index is 12.6. The van der Waals surface area contributed by atoms with Gasteiger partial charge in [-0.15, -0.1) is 0 Å². The van der Waals surface area contributed by atoms with Crippen LogP contribution in [0.25, 0.3) is 5.69 Å². The molecule has 3 rings (SSSR count). The van der Waals surface area contributed by atoms with Crippen LogP contribution >= 0.6 is 0 Å². The Morgan fingerprint density at radius 3 is 2.45 bits per heavy atom. The number of aryl methyl sites for hydroxylation is 2. The fourth-order valence-electron chi connectivity index (χ4n) is 4.15. The van der Waals surface area contributed by atoms with Crippen molar-refractivity contribution in [2.45, 2.75) is 78.6 Å². The minimum atomic E-state index is -0.249. The average molecular weight is 425 g/mol. The summed E-state index contributed by atoms with van der Waals surface area (Å²) in [4.78, 5) is 24.7. The third-order valence-corrected chi connectivity index (χ3v) is 6.03. The number of benzene rings is 1. The number of hydrogen-bond acceptors (Lipinski definition) is 3. The van der Waals surface area contributed by atoms with E-state index in [9.17, 15) is 9.59 Å². The van der Waals surface area contributed by atoms with Crippen molar-refractivity contribution in [2.75, 3.05) is 11.9 Å². The fraction of sp³-hybridized carbons (Fsp3) is 0.560. The zero-order chi connectivity index (χ0) is 22.6. The summed E-state index contributed by atoms with van der Waals surface area (Å²) in [6.07, 6.45) is 6.42. The summed E-state index contributed by atoms with van der Waals surface area (Å²) < 4.78 is 1.79. The van der Waals surface area contributed by atoms with Crippen LogP contribution < -0.4 is 10.6 Å². The predicted octanol–water partition coefficient (Wildman–Crippen LogP) is 4.81.